The molecular formula is C42H75N7O16. The van der Waals surface area contributed by atoms with E-state index in [0.717, 1.165) is 45.2 Å². The molecule has 23 nitrogen and oxygen atoms in total. The smallest absolute Gasteiger partial charge is 0.315 e. The molecule has 0 aromatic heterocycles. The number of nitrogens with one attached hydrogen (secondary N) is 5. The van der Waals surface area contributed by atoms with Crippen LogP contribution in [0.2, 0.25) is 0 Å². The first-order valence-electron chi connectivity index (χ1n) is 22.8. The third-order valence-corrected chi connectivity index (χ3v) is 10.6. The Labute approximate surface area is 381 Å². The van der Waals surface area contributed by atoms with E-state index in [1.165, 1.54) is 24.0 Å². The van der Waals surface area contributed by atoms with E-state index in [-0.39, 0.29) is 35.8 Å². The molecule has 7 amide bonds. The van der Waals surface area contributed by atoms with Crippen LogP contribution in [0.25, 0.3) is 0 Å². The summed E-state index contributed by atoms with van der Waals surface area (Å²) in [6.07, 6.45) is 3.16. The number of hydrogen-bond acceptors (Lipinski definition) is 17. The molecule has 3 heterocycles. The molecule has 0 saturated carbocycles. The molecule has 0 aromatic rings. The van der Waals surface area contributed by atoms with Gasteiger partial charge in [-0.1, -0.05) is 12.8 Å². The summed E-state index contributed by atoms with van der Waals surface area (Å²) >= 11 is 0. The molecule has 3 aliphatic heterocycles. The first kappa shape index (κ1) is 55.7. The minimum atomic E-state index is -1.28. The standard InChI is InChI=1S/C42H75N7O16/c1-32(51)46-38-34(65-35(31-50)39(54)40(38)55)5-3-2-4-17-58-21-22-59-18-10-43-41(56)44-11-19-60-23-25-62-27-29-64-30-28-63-26-24-61-20-12-45-42(57)47-33-8-13-48(14-9-33)15-16-49-36(52)6-7-37(49)53/h6-7,33-35,38-40,50,54-55H,2-5,8-31H2,1H3,(H,46,51)(H2,43,44,56)(H2,45,47,57)/t34-,35-,38+,39+,40-/m1/s1. The molecule has 0 bridgehead atoms. The number of carbonyl (C=O) groups is 5. The first-order valence-corrected chi connectivity index (χ1v) is 22.8. The van der Waals surface area contributed by atoms with Gasteiger partial charge in [-0.2, -0.15) is 0 Å². The van der Waals surface area contributed by atoms with Crippen LogP contribution in [-0.2, 0) is 52.3 Å². The van der Waals surface area contributed by atoms with Crippen molar-refractivity contribution in [3.05, 3.63) is 12.2 Å². The molecule has 65 heavy (non-hydrogen) atoms. The Morgan fingerprint density at radius 1 is 0.615 bits per heavy atom. The summed E-state index contributed by atoms with van der Waals surface area (Å²) in [5.41, 5.74) is 0. The van der Waals surface area contributed by atoms with Crippen molar-refractivity contribution in [2.24, 2.45) is 0 Å². The number of hydrogen-bond donors (Lipinski definition) is 8. The molecule has 0 radical (unpaired) electrons. The number of imide groups is 1. The van der Waals surface area contributed by atoms with E-state index in [4.69, 9.17) is 37.9 Å². The zero-order valence-corrected chi connectivity index (χ0v) is 38.0. The summed E-state index contributed by atoms with van der Waals surface area (Å²) in [6.45, 7) is 10.2. The van der Waals surface area contributed by atoms with Crippen molar-refractivity contribution in [2.45, 2.75) is 81.9 Å². The van der Waals surface area contributed by atoms with Crippen molar-refractivity contribution in [1.29, 1.82) is 0 Å². The van der Waals surface area contributed by atoms with Gasteiger partial charge in [0.05, 0.1) is 105 Å². The number of aliphatic hydroxyl groups excluding tert-OH is 3. The Kier molecular flexibility index (Phi) is 29.7. The van der Waals surface area contributed by atoms with Gasteiger partial charge in [0.2, 0.25) is 5.91 Å². The van der Waals surface area contributed by atoms with Crippen LogP contribution < -0.4 is 26.6 Å². The number of rotatable bonds is 36. The molecule has 0 aliphatic carbocycles. The minimum Gasteiger partial charge on any atom is -0.394 e. The van der Waals surface area contributed by atoms with Gasteiger partial charge in [0.1, 0.15) is 18.3 Å². The maximum Gasteiger partial charge on any atom is 0.315 e. The minimum absolute atomic E-state index is 0.0711. The number of unbranched alkanes of at least 4 members (excludes halogenated alkanes) is 2. The van der Waals surface area contributed by atoms with Crippen molar-refractivity contribution in [3.8, 4) is 0 Å². The van der Waals surface area contributed by atoms with Crippen molar-refractivity contribution in [2.75, 3.05) is 145 Å². The first-order chi connectivity index (χ1) is 31.6. The highest BCUT2D eigenvalue weighted by atomic mass is 16.6. The molecule has 23 heteroatoms. The fraction of sp³-hybridized carbons (Fsp3) is 0.833. The summed E-state index contributed by atoms with van der Waals surface area (Å²) in [5.74, 6) is -0.869. The van der Waals surface area contributed by atoms with E-state index < -0.39 is 37.1 Å². The lowest BCUT2D eigenvalue weighted by Crippen LogP contribution is -2.63. The van der Waals surface area contributed by atoms with E-state index in [2.05, 4.69) is 31.5 Å². The number of carbonyl (C=O) groups excluding carboxylic acids is 5. The van der Waals surface area contributed by atoms with Crippen LogP contribution in [0.15, 0.2) is 12.2 Å². The van der Waals surface area contributed by atoms with E-state index in [9.17, 15) is 39.3 Å². The zero-order valence-electron chi connectivity index (χ0n) is 38.0. The molecule has 374 valence electrons. The molecule has 3 rings (SSSR count). The Hall–Kier alpha value is -3.59. The summed E-state index contributed by atoms with van der Waals surface area (Å²) in [6, 6.07) is -1.23. The lowest BCUT2D eigenvalue weighted by molar-refractivity contribution is -0.196. The van der Waals surface area contributed by atoms with Gasteiger partial charge in [0.25, 0.3) is 11.8 Å². The van der Waals surface area contributed by atoms with Gasteiger partial charge in [-0.3, -0.25) is 19.3 Å². The van der Waals surface area contributed by atoms with Crippen LogP contribution in [0.4, 0.5) is 9.59 Å². The summed E-state index contributed by atoms with van der Waals surface area (Å²) in [7, 11) is 0. The number of likely N-dealkylation sites (tertiary alicyclic amines) is 1. The van der Waals surface area contributed by atoms with Crippen LogP contribution in [0.3, 0.4) is 0 Å². The molecule has 5 atom stereocenters. The van der Waals surface area contributed by atoms with E-state index >= 15 is 0 Å². The third kappa shape index (κ3) is 24.7. The molecule has 0 spiro atoms. The van der Waals surface area contributed by atoms with Crippen molar-refractivity contribution < 1.29 is 77.2 Å². The van der Waals surface area contributed by atoms with Crippen LogP contribution in [0.5, 0.6) is 0 Å². The molecule has 0 aromatic carbocycles. The Bertz CT molecular complexity index is 1360. The van der Waals surface area contributed by atoms with E-state index in [0.29, 0.717) is 132 Å². The molecule has 2 saturated heterocycles. The van der Waals surface area contributed by atoms with Gasteiger partial charge in [-0.25, -0.2) is 9.59 Å². The van der Waals surface area contributed by atoms with Gasteiger partial charge in [-0.05, 0) is 25.7 Å². The number of aliphatic hydroxyl groups is 3. The second-order valence-corrected chi connectivity index (χ2v) is 15.6. The van der Waals surface area contributed by atoms with Crippen molar-refractivity contribution in [1.82, 2.24) is 36.4 Å². The van der Waals surface area contributed by atoms with Gasteiger partial charge in [0.15, 0.2) is 0 Å². The molecular weight excluding hydrogens is 858 g/mol. The maximum absolute atomic E-state index is 12.2. The highest BCUT2D eigenvalue weighted by molar-refractivity contribution is 6.12. The van der Waals surface area contributed by atoms with Crippen LogP contribution in [0, 0.1) is 0 Å². The second-order valence-electron chi connectivity index (χ2n) is 15.6. The van der Waals surface area contributed by atoms with Crippen LogP contribution in [0.1, 0.15) is 45.4 Å². The molecule has 2 fully saturated rings. The molecule has 0 unspecified atom stereocenters. The van der Waals surface area contributed by atoms with Crippen LogP contribution >= 0.6 is 0 Å². The topological polar surface area (TPSA) is 287 Å². The van der Waals surface area contributed by atoms with E-state index in [1.807, 2.05) is 0 Å². The van der Waals surface area contributed by atoms with Crippen LogP contribution in [-0.4, -0.2) is 236 Å². The predicted octanol–water partition coefficient (Wildman–Crippen LogP) is -2.36. The number of amides is 7. The normalized spacial score (nSPS) is 21.5. The monoisotopic (exact) mass is 934 g/mol. The van der Waals surface area contributed by atoms with E-state index in [1.54, 1.807) is 0 Å². The third-order valence-electron chi connectivity index (χ3n) is 10.6. The lowest BCUT2D eigenvalue weighted by Gasteiger charge is -2.42. The second kappa shape index (κ2) is 34.7. The number of ether oxygens (including phenoxy) is 8. The Balaban J connectivity index is 0.965. The van der Waals surface area contributed by atoms with Gasteiger partial charge < -0.3 is 84.7 Å². The Morgan fingerprint density at radius 2 is 1.09 bits per heavy atom. The zero-order chi connectivity index (χ0) is 46.9. The highest BCUT2D eigenvalue weighted by Gasteiger charge is 2.44. The number of nitrogens with zero attached hydrogens (tertiary/aromatic N) is 2. The molecule has 8 N–H and O–H groups in total. The maximum atomic E-state index is 12.2. The van der Waals surface area contributed by atoms with Crippen molar-refractivity contribution >= 4 is 29.8 Å². The Morgan fingerprint density at radius 3 is 1.58 bits per heavy atom. The van der Waals surface area contributed by atoms with Gasteiger partial charge >= 0.3 is 12.1 Å². The number of urea groups is 2. The lowest BCUT2D eigenvalue weighted by atomic mass is 9.90. The molecule has 3 aliphatic rings. The predicted molar refractivity (Wildman–Crippen MR) is 233 cm³/mol. The summed E-state index contributed by atoms with van der Waals surface area (Å²) in [4.78, 5) is 62.5. The van der Waals surface area contributed by atoms with Gasteiger partial charge in [0, 0.05) is 77.5 Å². The summed E-state index contributed by atoms with van der Waals surface area (Å²) < 4.78 is 44.3. The fourth-order valence-corrected chi connectivity index (χ4v) is 7.09. The largest absolute Gasteiger partial charge is 0.394 e. The number of piperidine rings is 1. The fourth-order valence-electron chi connectivity index (χ4n) is 7.09. The summed E-state index contributed by atoms with van der Waals surface area (Å²) in [5, 5.41) is 43.8. The SMILES string of the molecule is CC(=O)N[C@@H]1[C@@H](O)[C@@H](O)[C@@H](CO)O[C@@H]1CCCCCOCCOCCNC(=O)NCCOCCOCCOCCOCCOCCNC(=O)NC1CCN(CCN2C(=O)C=CC2=O)CC1. The quantitative estimate of drug-likeness (QED) is 0.0241. The average molecular weight is 934 g/mol. The average Bonchev–Trinajstić information content (AvgIpc) is 3.61. The van der Waals surface area contributed by atoms with Crippen molar-refractivity contribution in [3.63, 3.8) is 0 Å². The van der Waals surface area contributed by atoms with Gasteiger partial charge in [-0.15, -0.1) is 0 Å². The highest BCUT2D eigenvalue weighted by Crippen LogP contribution is 2.25.